The zero-order valence-electron chi connectivity index (χ0n) is 22.5. The quantitative estimate of drug-likeness (QED) is 0.351. The summed E-state index contributed by atoms with van der Waals surface area (Å²) in [7, 11) is 0. The molecule has 0 bridgehead atoms. The fourth-order valence-electron chi connectivity index (χ4n) is 5.86. The van der Waals surface area contributed by atoms with Crippen LogP contribution in [0.25, 0.3) is 11.4 Å². The molecule has 1 amide bonds. The monoisotopic (exact) mass is 518 g/mol. The summed E-state index contributed by atoms with van der Waals surface area (Å²) in [5.74, 6) is 1.42. The second-order valence-electron chi connectivity index (χ2n) is 10.6. The van der Waals surface area contributed by atoms with Crippen LogP contribution in [0.3, 0.4) is 0 Å². The Kier molecular flexibility index (Phi) is 7.12. The van der Waals surface area contributed by atoms with Crippen molar-refractivity contribution in [2.45, 2.75) is 44.9 Å². The van der Waals surface area contributed by atoms with Gasteiger partial charge in [0, 0.05) is 37.2 Å². The number of fused-ring (bicyclic) bond motifs is 1. The second-order valence-corrected chi connectivity index (χ2v) is 10.6. The molecule has 3 heterocycles. The molecular formula is C33H34N4O2. The molecule has 2 aliphatic heterocycles. The minimum atomic E-state index is -0.356. The first-order valence-electron chi connectivity index (χ1n) is 13.8. The minimum Gasteiger partial charge on any atom is -0.372 e. The lowest BCUT2D eigenvalue weighted by molar-refractivity contribution is -0.132. The highest BCUT2D eigenvalue weighted by molar-refractivity contribution is 5.87. The molecule has 4 aromatic rings. The summed E-state index contributed by atoms with van der Waals surface area (Å²) in [5.41, 5.74) is 5.10. The van der Waals surface area contributed by atoms with Gasteiger partial charge in [0.15, 0.2) is 5.82 Å². The van der Waals surface area contributed by atoms with Crippen molar-refractivity contribution in [3.8, 4) is 11.4 Å². The molecule has 0 N–H and O–H groups in total. The molecule has 198 valence electrons. The molecule has 6 rings (SSSR count). The number of carbonyl (C=O) groups is 1. The number of ether oxygens (including phenoxy) is 1. The Morgan fingerprint density at radius 2 is 1.38 bits per heavy atom. The topological polar surface area (TPSA) is 58.6 Å². The number of nitrogens with zero attached hydrogens (tertiary/aromatic N) is 4. The zero-order chi connectivity index (χ0) is 26.8. The first-order chi connectivity index (χ1) is 19.1. The van der Waals surface area contributed by atoms with E-state index in [1.165, 1.54) is 0 Å². The summed E-state index contributed by atoms with van der Waals surface area (Å²) in [5, 5.41) is 0. The number of rotatable bonds is 5. The van der Waals surface area contributed by atoms with Gasteiger partial charge in [0.25, 0.3) is 0 Å². The average molecular weight is 519 g/mol. The molecule has 0 radical (unpaired) electrons. The van der Waals surface area contributed by atoms with Gasteiger partial charge >= 0.3 is 0 Å². The molecule has 3 aromatic carbocycles. The molecule has 0 unspecified atom stereocenters. The van der Waals surface area contributed by atoms with Crippen molar-refractivity contribution in [1.82, 2.24) is 14.9 Å². The third-order valence-corrected chi connectivity index (χ3v) is 7.61. The van der Waals surface area contributed by atoms with Crippen LogP contribution in [-0.4, -0.2) is 52.6 Å². The fraction of sp³-hybridized carbons (Fsp3) is 0.303. The van der Waals surface area contributed by atoms with Gasteiger partial charge in [0.2, 0.25) is 5.91 Å². The van der Waals surface area contributed by atoms with Gasteiger partial charge in [0.1, 0.15) is 5.82 Å². The van der Waals surface area contributed by atoms with E-state index in [1.54, 1.807) is 0 Å². The Morgan fingerprint density at radius 3 is 1.97 bits per heavy atom. The minimum absolute atomic E-state index is 0.0985. The van der Waals surface area contributed by atoms with E-state index in [4.69, 9.17) is 14.7 Å². The Labute approximate surface area is 230 Å². The van der Waals surface area contributed by atoms with E-state index in [-0.39, 0.29) is 24.0 Å². The third-order valence-electron chi connectivity index (χ3n) is 7.61. The predicted molar refractivity (Wildman–Crippen MR) is 154 cm³/mol. The van der Waals surface area contributed by atoms with Crippen molar-refractivity contribution in [1.29, 1.82) is 0 Å². The van der Waals surface area contributed by atoms with Crippen molar-refractivity contribution in [3.05, 3.63) is 113 Å². The number of hydrogen-bond acceptors (Lipinski definition) is 5. The van der Waals surface area contributed by atoms with E-state index >= 15 is 0 Å². The molecule has 6 nitrogen and oxygen atoms in total. The van der Waals surface area contributed by atoms with E-state index < -0.39 is 0 Å². The highest BCUT2D eigenvalue weighted by Crippen LogP contribution is 2.34. The van der Waals surface area contributed by atoms with Crippen LogP contribution in [0.15, 0.2) is 91.0 Å². The summed E-state index contributed by atoms with van der Waals surface area (Å²) in [6.07, 6.45) is 0.894. The maximum atomic E-state index is 14.2. The van der Waals surface area contributed by atoms with Gasteiger partial charge in [-0.3, -0.25) is 4.79 Å². The first-order valence-corrected chi connectivity index (χ1v) is 13.8. The second kappa shape index (κ2) is 11.0. The largest absolute Gasteiger partial charge is 0.372 e. The summed E-state index contributed by atoms with van der Waals surface area (Å²) in [6, 6.07) is 30.3. The number of aromatic nitrogens is 2. The summed E-state index contributed by atoms with van der Waals surface area (Å²) in [4.78, 5) is 28.7. The number of carbonyl (C=O) groups excluding carboxylic acids is 1. The van der Waals surface area contributed by atoms with Crippen LogP contribution < -0.4 is 4.90 Å². The van der Waals surface area contributed by atoms with Gasteiger partial charge in [-0.05, 0) is 25.0 Å². The van der Waals surface area contributed by atoms with Gasteiger partial charge in [0.05, 0.1) is 30.4 Å². The van der Waals surface area contributed by atoms with Crippen LogP contribution in [0, 0.1) is 0 Å². The Bertz CT molecular complexity index is 1380. The van der Waals surface area contributed by atoms with Crippen molar-refractivity contribution < 1.29 is 9.53 Å². The Balaban J connectivity index is 1.39. The third kappa shape index (κ3) is 5.30. The number of morpholine rings is 1. The summed E-state index contributed by atoms with van der Waals surface area (Å²) < 4.78 is 6.04. The van der Waals surface area contributed by atoms with Gasteiger partial charge in [-0.1, -0.05) is 91.0 Å². The van der Waals surface area contributed by atoms with E-state index in [9.17, 15) is 4.79 Å². The molecule has 0 saturated carbocycles. The molecule has 2 aliphatic rings. The number of amides is 1. The molecule has 1 saturated heterocycles. The average Bonchev–Trinajstić information content (AvgIpc) is 2.97. The van der Waals surface area contributed by atoms with E-state index in [0.29, 0.717) is 19.5 Å². The maximum absolute atomic E-state index is 14.2. The maximum Gasteiger partial charge on any atom is 0.234 e. The smallest absolute Gasteiger partial charge is 0.234 e. The van der Waals surface area contributed by atoms with Gasteiger partial charge in [-0.25, -0.2) is 9.97 Å². The lowest BCUT2D eigenvalue weighted by Gasteiger charge is -2.39. The molecular weight excluding hydrogens is 484 g/mol. The molecule has 1 fully saturated rings. The van der Waals surface area contributed by atoms with Crippen LogP contribution in [0.1, 0.15) is 42.1 Å². The van der Waals surface area contributed by atoms with Crippen LogP contribution in [0.2, 0.25) is 0 Å². The summed E-state index contributed by atoms with van der Waals surface area (Å²) in [6.45, 7) is 6.85. The molecule has 6 heteroatoms. The van der Waals surface area contributed by atoms with Gasteiger partial charge in [-0.2, -0.15) is 0 Å². The standard InChI is InChI=1S/C33H34N4O2/c1-23-20-37(21-24(2)39-23)32-28-22-36(19-18-29(28)34-31(35-32)27-16-10-5-11-17-27)33(38)30(25-12-6-3-7-13-25)26-14-8-4-9-15-26/h3-17,23-24,30H,18-22H2,1-2H3/t23-,24-/m1/s1. The van der Waals surface area contributed by atoms with Crippen molar-refractivity contribution in [2.75, 3.05) is 24.5 Å². The van der Waals surface area contributed by atoms with Gasteiger partial charge in [-0.15, -0.1) is 0 Å². The van der Waals surface area contributed by atoms with E-state index in [1.807, 2.05) is 83.8 Å². The van der Waals surface area contributed by atoms with Crippen LogP contribution in [0.4, 0.5) is 5.82 Å². The van der Waals surface area contributed by atoms with Crippen LogP contribution >= 0.6 is 0 Å². The Hall–Kier alpha value is -4.03. The van der Waals surface area contributed by atoms with Gasteiger partial charge < -0.3 is 14.5 Å². The Morgan fingerprint density at radius 1 is 0.821 bits per heavy atom. The first kappa shape index (κ1) is 25.3. The number of hydrogen-bond donors (Lipinski definition) is 0. The van der Waals surface area contributed by atoms with Crippen molar-refractivity contribution >= 4 is 11.7 Å². The van der Waals surface area contributed by atoms with Crippen LogP contribution in [-0.2, 0) is 22.5 Å². The predicted octanol–water partition coefficient (Wildman–Crippen LogP) is 5.47. The lowest BCUT2D eigenvalue weighted by atomic mass is 9.89. The van der Waals surface area contributed by atoms with Crippen molar-refractivity contribution in [3.63, 3.8) is 0 Å². The molecule has 1 aromatic heterocycles. The van der Waals surface area contributed by atoms with Crippen molar-refractivity contribution in [2.24, 2.45) is 0 Å². The SMILES string of the molecule is C[C@@H]1CN(c2nc(-c3ccccc3)nc3c2CN(C(=O)C(c2ccccc2)c2ccccc2)CC3)C[C@@H](C)O1. The number of benzene rings is 3. The normalized spacial score (nSPS) is 19.2. The summed E-state index contributed by atoms with van der Waals surface area (Å²) >= 11 is 0. The molecule has 2 atom stereocenters. The van der Waals surface area contributed by atoms with Crippen LogP contribution in [0.5, 0.6) is 0 Å². The highest BCUT2D eigenvalue weighted by Gasteiger charge is 2.34. The highest BCUT2D eigenvalue weighted by atomic mass is 16.5. The fourth-order valence-corrected chi connectivity index (χ4v) is 5.86. The van der Waals surface area contributed by atoms with E-state index in [0.717, 1.165) is 52.7 Å². The molecule has 39 heavy (non-hydrogen) atoms. The molecule has 0 spiro atoms. The zero-order valence-corrected chi connectivity index (χ0v) is 22.5. The lowest BCUT2D eigenvalue weighted by Crippen LogP contribution is -2.47. The number of anilines is 1. The molecule has 0 aliphatic carbocycles. The van der Waals surface area contributed by atoms with E-state index in [2.05, 4.69) is 30.9 Å².